The van der Waals surface area contributed by atoms with Crippen molar-refractivity contribution in [3.05, 3.63) is 34.6 Å². The van der Waals surface area contributed by atoms with Crippen LogP contribution in [0.25, 0.3) is 0 Å². The molecule has 90 valence electrons. The van der Waals surface area contributed by atoms with Gasteiger partial charge >= 0.3 is 0 Å². The number of rotatable bonds is 4. The molecule has 0 aliphatic carbocycles. The molecule has 16 heavy (non-hydrogen) atoms. The van der Waals surface area contributed by atoms with Gasteiger partial charge in [0.05, 0.1) is 5.02 Å². The Kier molecular flexibility index (Phi) is 4.30. The molecule has 0 saturated heterocycles. The Morgan fingerprint density at radius 3 is 2.56 bits per heavy atom. The Bertz CT molecular complexity index is 366. The number of hydrogen-bond donors (Lipinski definition) is 1. The second-order valence-corrected chi connectivity index (χ2v) is 5.03. The van der Waals surface area contributed by atoms with Crippen LogP contribution >= 0.6 is 11.6 Å². The summed E-state index contributed by atoms with van der Waals surface area (Å²) in [4.78, 5) is 2.12. The zero-order valence-electron chi connectivity index (χ0n) is 9.93. The number of benzene rings is 1. The van der Waals surface area contributed by atoms with Gasteiger partial charge in [-0.25, -0.2) is 4.39 Å². The summed E-state index contributed by atoms with van der Waals surface area (Å²) in [6, 6.07) is 4.78. The summed E-state index contributed by atoms with van der Waals surface area (Å²) in [7, 11) is 1.99. The van der Waals surface area contributed by atoms with E-state index in [1.54, 1.807) is 12.1 Å². The zero-order valence-corrected chi connectivity index (χ0v) is 10.7. The van der Waals surface area contributed by atoms with E-state index in [9.17, 15) is 4.39 Å². The zero-order chi connectivity index (χ0) is 12.3. The summed E-state index contributed by atoms with van der Waals surface area (Å²) < 4.78 is 13.0. The lowest BCUT2D eigenvalue weighted by atomic mass is 10.0. The molecule has 1 aromatic rings. The maximum atomic E-state index is 13.0. The van der Waals surface area contributed by atoms with Crippen LogP contribution in [0.1, 0.15) is 19.4 Å². The van der Waals surface area contributed by atoms with Crippen LogP contribution in [0.3, 0.4) is 0 Å². The van der Waals surface area contributed by atoms with Crippen molar-refractivity contribution in [1.29, 1.82) is 0 Å². The summed E-state index contributed by atoms with van der Waals surface area (Å²) in [6.07, 6.45) is 0. The summed E-state index contributed by atoms with van der Waals surface area (Å²) in [5.41, 5.74) is 6.59. The van der Waals surface area contributed by atoms with Crippen LogP contribution < -0.4 is 5.73 Å². The molecule has 0 heterocycles. The van der Waals surface area contributed by atoms with Crippen molar-refractivity contribution < 1.29 is 4.39 Å². The van der Waals surface area contributed by atoms with Crippen LogP contribution in [0.4, 0.5) is 4.39 Å². The van der Waals surface area contributed by atoms with Crippen molar-refractivity contribution >= 4 is 11.6 Å². The molecule has 0 fully saturated rings. The molecule has 1 rings (SSSR count). The van der Waals surface area contributed by atoms with E-state index in [1.165, 1.54) is 6.07 Å². The topological polar surface area (TPSA) is 29.3 Å². The number of likely N-dealkylation sites (N-methyl/N-ethyl adjacent to an activating group) is 1. The van der Waals surface area contributed by atoms with E-state index < -0.39 is 0 Å². The van der Waals surface area contributed by atoms with E-state index in [0.29, 0.717) is 13.1 Å². The van der Waals surface area contributed by atoms with E-state index in [0.717, 1.165) is 5.56 Å². The summed E-state index contributed by atoms with van der Waals surface area (Å²) in [6.45, 7) is 5.40. The van der Waals surface area contributed by atoms with Gasteiger partial charge in [-0.3, -0.25) is 4.90 Å². The van der Waals surface area contributed by atoms with Gasteiger partial charge in [-0.05, 0) is 38.6 Å². The van der Waals surface area contributed by atoms with Crippen LogP contribution in [0, 0.1) is 5.82 Å². The van der Waals surface area contributed by atoms with Gasteiger partial charge in [-0.1, -0.05) is 17.7 Å². The molecule has 0 radical (unpaired) electrons. The lowest BCUT2D eigenvalue weighted by Crippen LogP contribution is -2.46. The smallest absolute Gasteiger partial charge is 0.141 e. The minimum Gasteiger partial charge on any atom is -0.329 e. The molecule has 0 amide bonds. The van der Waals surface area contributed by atoms with Crippen molar-refractivity contribution in [3.63, 3.8) is 0 Å². The van der Waals surface area contributed by atoms with E-state index in [-0.39, 0.29) is 16.4 Å². The third-order valence-corrected chi connectivity index (χ3v) is 3.23. The normalized spacial score (nSPS) is 12.2. The monoisotopic (exact) mass is 244 g/mol. The minimum atomic E-state index is -0.383. The Balaban J connectivity index is 2.77. The number of halogens is 2. The van der Waals surface area contributed by atoms with Crippen molar-refractivity contribution in [1.82, 2.24) is 4.90 Å². The molecular formula is C12H18ClFN2. The first-order valence-electron chi connectivity index (χ1n) is 5.22. The van der Waals surface area contributed by atoms with Gasteiger partial charge in [-0.2, -0.15) is 0 Å². The first-order chi connectivity index (χ1) is 7.36. The van der Waals surface area contributed by atoms with Crippen LogP contribution in [0.5, 0.6) is 0 Å². The van der Waals surface area contributed by atoms with E-state index in [4.69, 9.17) is 17.3 Å². The van der Waals surface area contributed by atoms with E-state index in [2.05, 4.69) is 18.7 Å². The quantitative estimate of drug-likeness (QED) is 0.882. The summed E-state index contributed by atoms with van der Waals surface area (Å²) in [5, 5.41) is 0.163. The molecular weight excluding hydrogens is 227 g/mol. The summed E-state index contributed by atoms with van der Waals surface area (Å²) in [5.74, 6) is -0.383. The fraction of sp³-hybridized carbons (Fsp3) is 0.500. The molecule has 2 nitrogen and oxygen atoms in total. The molecule has 0 aliphatic rings. The molecule has 0 aromatic heterocycles. The molecule has 1 aromatic carbocycles. The maximum absolute atomic E-state index is 13.0. The Hall–Kier alpha value is -0.640. The third-order valence-electron chi connectivity index (χ3n) is 2.94. The maximum Gasteiger partial charge on any atom is 0.141 e. The third kappa shape index (κ3) is 3.17. The van der Waals surface area contributed by atoms with E-state index >= 15 is 0 Å². The molecule has 2 N–H and O–H groups in total. The molecule has 0 saturated carbocycles. The number of nitrogens with zero attached hydrogens (tertiary/aromatic N) is 1. The number of nitrogens with two attached hydrogens (primary N) is 1. The minimum absolute atomic E-state index is 0.0825. The standard InChI is InChI=1S/C12H18ClFN2/c1-12(2,8-15)16(3)7-9-4-5-11(14)10(13)6-9/h4-6H,7-8,15H2,1-3H3. The number of hydrogen-bond acceptors (Lipinski definition) is 2. The van der Waals surface area contributed by atoms with Gasteiger partial charge in [0, 0.05) is 18.6 Å². The lowest BCUT2D eigenvalue weighted by molar-refractivity contribution is 0.155. The second-order valence-electron chi connectivity index (χ2n) is 4.62. The van der Waals surface area contributed by atoms with Gasteiger partial charge in [0.2, 0.25) is 0 Å². The van der Waals surface area contributed by atoms with E-state index in [1.807, 2.05) is 7.05 Å². The van der Waals surface area contributed by atoms with Crippen molar-refractivity contribution in [2.45, 2.75) is 25.9 Å². The Labute approximate surface area is 101 Å². The SMILES string of the molecule is CN(Cc1ccc(F)c(Cl)c1)C(C)(C)CN. The first kappa shape index (κ1) is 13.4. The molecule has 0 spiro atoms. The average Bonchev–Trinajstić information content (AvgIpc) is 2.23. The molecule has 0 aliphatic heterocycles. The highest BCUT2D eigenvalue weighted by atomic mass is 35.5. The Morgan fingerprint density at radius 2 is 2.06 bits per heavy atom. The van der Waals surface area contributed by atoms with Gasteiger partial charge < -0.3 is 5.73 Å². The van der Waals surface area contributed by atoms with Crippen LogP contribution in [0.2, 0.25) is 5.02 Å². The highest BCUT2D eigenvalue weighted by Gasteiger charge is 2.21. The summed E-state index contributed by atoms with van der Waals surface area (Å²) >= 11 is 5.73. The average molecular weight is 245 g/mol. The molecule has 0 bridgehead atoms. The largest absolute Gasteiger partial charge is 0.329 e. The Morgan fingerprint density at radius 1 is 1.44 bits per heavy atom. The first-order valence-corrected chi connectivity index (χ1v) is 5.60. The van der Waals surface area contributed by atoms with Crippen molar-refractivity contribution in [3.8, 4) is 0 Å². The van der Waals surface area contributed by atoms with Crippen LogP contribution in [-0.4, -0.2) is 24.0 Å². The highest BCUT2D eigenvalue weighted by molar-refractivity contribution is 6.30. The van der Waals surface area contributed by atoms with Crippen molar-refractivity contribution in [2.24, 2.45) is 5.73 Å². The highest BCUT2D eigenvalue weighted by Crippen LogP contribution is 2.19. The fourth-order valence-electron chi connectivity index (χ4n) is 1.28. The molecule has 4 heteroatoms. The predicted octanol–water partition coefficient (Wildman–Crippen LogP) is 2.65. The molecule has 0 unspecified atom stereocenters. The fourth-order valence-corrected chi connectivity index (χ4v) is 1.48. The van der Waals surface area contributed by atoms with Gasteiger partial charge in [0.1, 0.15) is 5.82 Å². The van der Waals surface area contributed by atoms with Gasteiger partial charge in [-0.15, -0.1) is 0 Å². The van der Waals surface area contributed by atoms with Crippen LogP contribution in [-0.2, 0) is 6.54 Å². The second kappa shape index (κ2) is 5.13. The predicted molar refractivity (Wildman–Crippen MR) is 66.0 cm³/mol. The van der Waals surface area contributed by atoms with Crippen LogP contribution in [0.15, 0.2) is 18.2 Å². The lowest BCUT2D eigenvalue weighted by Gasteiger charge is -2.34. The molecule has 0 atom stereocenters. The van der Waals surface area contributed by atoms with Gasteiger partial charge in [0.15, 0.2) is 0 Å². The van der Waals surface area contributed by atoms with Crippen molar-refractivity contribution in [2.75, 3.05) is 13.6 Å². The van der Waals surface area contributed by atoms with Gasteiger partial charge in [0.25, 0.3) is 0 Å².